The number of hydrogen-bond donors (Lipinski definition) is 1. The summed E-state index contributed by atoms with van der Waals surface area (Å²) in [6, 6.07) is 20.0. The Morgan fingerprint density at radius 2 is 1.69 bits per heavy atom. The van der Waals surface area contributed by atoms with E-state index in [9.17, 15) is 18.0 Å². The third-order valence-electron chi connectivity index (χ3n) is 8.28. The fourth-order valence-electron chi connectivity index (χ4n) is 5.73. The molecule has 5 aromatic rings. The molecule has 0 saturated carbocycles. The van der Waals surface area contributed by atoms with Crippen LogP contribution in [-0.4, -0.2) is 62.4 Å². The highest BCUT2D eigenvalue weighted by molar-refractivity contribution is 7.90. The van der Waals surface area contributed by atoms with E-state index < -0.39 is 21.6 Å². The number of hydrogen-bond acceptors (Lipinski definition) is 9. The second-order valence-electron chi connectivity index (χ2n) is 11.6. The van der Waals surface area contributed by atoms with Crippen molar-refractivity contribution in [2.75, 3.05) is 33.4 Å². The van der Waals surface area contributed by atoms with Gasteiger partial charge in [0.25, 0.3) is 15.6 Å². The summed E-state index contributed by atoms with van der Waals surface area (Å²) in [5.74, 6) is 0.866. The van der Waals surface area contributed by atoms with Crippen LogP contribution in [0.5, 0.6) is 17.2 Å². The maximum Gasteiger partial charge on any atom is 0.337 e. The van der Waals surface area contributed by atoms with E-state index in [1.165, 1.54) is 30.0 Å². The lowest BCUT2D eigenvalue weighted by molar-refractivity contribution is 0.0168. The summed E-state index contributed by atoms with van der Waals surface area (Å²) >= 11 is 0. The lowest BCUT2D eigenvalue weighted by atomic mass is 10.00. The number of pyridine rings is 1. The molecule has 1 fully saturated rings. The van der Waals surface area contributed by atoms with Crippen molar-refractivity contribution in [3.05, 3.63) is 107 Å². The molecule has 6 rings (SSSR count). The van der Waals surface area contributed by atoms with E-state index in [0.717, 1.165) is 35.5 Å². The molecule has 0 spiro atoms. The third-order valence-corrected chi connectivity index (χ3v) is 9.97. The number of piperidine rings is 1. The number of nitrogens with zero attached hydrogens (tertiary/aromatic N) is 2. The maximum atomic E-state index is 13.7. The van der Waals surface area contributed by atoms with Crippen LogP contribution in [0.15, 0.2) is 94.9 Å². The van der Waals surface area contributed by atoms with Crippen molar-refractivity contribution < 1.29 is 32.2 Å². The molecule has 48 heavy (non-hydrogen) atoms. The van der Waals surface area contributed by atoms with Gasteiger partial charge in [0.2, 0.25) is 0 Å². The zero-order chi connectivity index (χ0) is 33.8. The van der Waals surface area contributed by atoms with Gasteiger partial charge in [0, 0.05) is 42.0 Å². The molecule has 2 aromatic heterocycles. The molecule has 0 radical (unpaired) electrons. The van der Waals surface area contributed by atoms with Gasteiger partial charge in [-0.2, -0.15) is 0 Å². The van der Waals surface area contributed by atoms with Crippen molar-refractivity contribution in [3.63, 3.8) is 0 Å². The number of fused-ring (bicyclic) bond motifs is 1. The van der Waals surface area contributed by atoms with Gasteiger partial charge < -0.3 is 28.8 Å². The van der Waals surface area contributed by atoms with E-state index in [0.29, 0.717) is 47.0 Å². The molecular formula is C36H37N3O8S. The van der Waals surface area contributed by atoms with E-state index in [1.807, 2.05) is 13.0 Å². The van der Waals surface area contributed by atoms with Crippen LogP contribution in [-0.2, 0) is 26.5 Å². The highest BCUT2D eigenvalue weighted by atomic mass is 32.2. The summed E-state index contributed by atoms with van der Waals surface area (Å²) in [6.07, 6.45) is 5.16. The number of benzene rings is 3. The van der Waals surface area contributed by atoms with Crippen LogP contribution in [0.3, 0.4) is 0 Å². The molecule has 1 saturated heterocycles. The van der Waals surface area contributed by atoms with Gasteiger partial charge in [-0.1, -0.05) is 23.8 Å². The van der Waals surface area contributed by atoms with Crippen LogP contribution in [0, 0.1) is 6.92 Å². The Morgan fingerprint density at radius 1 is 0.938 bits per heavy atom. The molecule has 0 bridgehead atoms. The van der Waals surface area contributed by atoms with Crippen LogP contribution in [0.4, 0.5) is 0 Å². The summed E-state index contributed by atoms with van der Waals surface area (Å²) in [5.41, 5.74) is 1.54. The van der Waals surface area contributed by atoms with Gasteiger partial charge in [-0.15, -0.1) is 0 Å². The Balaban J connectivity index is 1.36. The molecule has 1 N–H and O–H groups in total. The average molecular weight is 672 g/mol. The van der Waals surface area contributed by atoms with Crippen molar-refractivity contribution >= 4 is 26.9 Å². The molecule has 0 unspecified atom stereocenters. The van der Waals surface area contributed by atoms with Gasteiger partial charge in [-0.25, -0.2) is 17.2 Å². The standard InChI is InChI=1S/C36H37N3O8S/c1-24-7-10-29(11-8-24)48(42,43)39-18-15-30-32(23-38(2)35(40)34(30)39)31-21-25(36(41)44-3)9-12-33(31)47-28-6-4-5-27(22-28)46-20-19-45-26-13-16-37-17-14-26/h4-12,15,18,21-23,26,37H,13-14,16-17,19-20H2,1-3H3. The van der Waals surface area contributed by atoms with Gasteiger partial charge in [0.05, 0.1) is 30.3 Å². The Kier molecular flexibility index (Phi) is 9.67. The highest BCUT2D eigenvalue weighted by Crippen LogP contribution is 2.39. The molecule has 11 nitrogen and oxygen atoms in total. The lowest BCUT2D eigenvalue weighted by Gasteiger charge is -2.22. The smallest absolute Gasteiger partial charge is 0.337 e. The van der Waals surface area contributed by atoms with E-state index in [-0.39, 0.29) is 22.1 Å². The molecule has 250 valence electrons. The van der Waals surface area contributed by atoms with Gasteiger partial charge >= 0.3 is 5.97 Å². The van der Waals surface area contributed by atoms with Crippen LogP contribution in [0.1, 0.15) is 28.8 Å². The predicted molar refractivity (Wildman–Crippen MR) is 182 cm³/mol. The number of ether oxygens (including phenoxy) is 4. The fourth-order valence-corrected chi connectivity index (χ4v) is 7.08. The minimum atomic E-state index is -4.11. The fraction of sp³-hybridized carbons (Fsp3) is 0.278. The maximum absolute atomic E-state index is 13.7. The van der Waals surface area contributed by atoms with Gasteiger partial charge in [0.15, 0.2) is 0 Å². The molecule has 1 aliphatic heterocycles. The van der Waals surface area contributed by atoms with Crippen LogP contribution < -0.4 is 20.3 Å². The first-order valence-corrected chi connectivity index (χ1v) is 17.1. The quantitative estimate of drug-likeness (QED) is 0.147. The Hall–Kier alpha value is -4.91. The van der Waals surface area contributed by atoms with E-state index in [4.69, 9.17) is 18.9 Å². The molecule has 3 heterocycles. The summed E-state index contributed by atoms with van der Waals surface area (Å²) in [5, 5.41) is 3.69. The summed E-state index contributed by atoms with van der Waals surface area (Å²) in [7, 11) is -1.28. The first-order chi connectivity index (χ1) is 23.2. The average Bonchev–Trinajstić information content (AvgIpc) is 3.56. The number of aryl methyl sites for hydroxylation is 2. The van der Waals surface area contributed by atoms with Gasteiger partial charge in [0.1, 0.15) is 29.4 Å². The number of nitrogens with one attached hydrogen (secondary N) is 1. The first kappa shape index (κ1) is 33.0. The molecule has 12 heteroatoms. The molecule has 1 aliphatic rings. The minimum Gasteiger partial charge on any atom is -0.491 e. The van der Waals surface area contributed by atoms with Gasteiger partial charge in [-0.05, 0) is 81.4 Å². The van der Waals surface area contributed by atoms with Crippen LogP contribution >= 0.6 is 0 Å². The number of esters is 1. The number of carbonyl (C=O) groups is 1. The zero-order valence-electron chi connectivity index (χ0n) is 27.0. The SMILES string of the molecule is COC(=O)c1ccc(Oc2cccc(OCCOC3CCNCC3)c2)c(-c2cn(C)c(=O)c3c2ccn3S(=O)(=O)c2ccc(C)cc2)c1. The summed E-state index contributed by atoms with van der Waals surface area (Å²) < 4.78 is 53.0. The largest absolute Gasteiger partial charge is 0.491 e. The monoisotopic (exact) mass is 671 g/mol. The molecular weight excluding hydrogens is 634 g/mol. The highest BCUT2D eigenvalue weighted by Gasteiger charge is 2.25. The van der Waals surface area contributed by atoms with Crippen LogP contribution in [0.25, 0.3) is 22.0 Å². The Bertz CT molecular complexity index is 2110. The Labute approximate surface area is 278 Å². The topological polar surface area (TPSA) is 127 Å². The third kappa shape index (κ3) is 6.86. The van der Waals surface area contributed by atoms with E-state index in [2.05, 4.69) is 5.32 Å². The number of rotatable bonds is 11. The summed E-state index contributed by atoms with van der Waals surface area (Å²) in [4.78, 5) is 26.2. The van der Waals surface area contributed by atoms with Crippen molar-refractivity contribution in [2.45, 2.75) is 30.8 Å². The van der Waals surface area contributed by atoms with Gasteiger partial charge in [-0.3, -0.25) is 4.79 Å². The lowest BCUT2D eigenvalue weighted by Crippen LogP contribution is -2.33. The molecule has 0 amide bonds. The number of methoxy groups -OCH3 is 1. The van der Waals surface area contributed by atoms with Crippen molar-refractivity contribution in [3.8, 4) is 28.4 Å². The second kappa shape index (κ2) is 14.1. The molecule has 3 aromatic carbocycles. The molecule has 0 aliphatic carbocycles. The summed E-state index contributed by atoms with van der Waals surface area (Å²) in [6.45, 7) is 4.62. The first-order valence-electron chi connectivity index (χ1n) is 15.6. The Morgan fingerprint density at radius 3 is 2.44 bits per heavy atom. The van der Waals surface area contributed by atoms with Crippen molar-refractivity contribution in [1.29, 1.82) is 0 Å². The molecule has 0 atom stereocenters. The normalized spacial score (nSPS) is 13.8. The second-order valence-corrected chi connectivity index (χ2v) is 13.4. The van der Waals surface area contributed by atoms with E-state index in [1.54, 1.807) is 67.8 Å². The van der Waals surface area contributed by atoms with Crippen molar-refractivity contribution in [2.24, 2.45) is 7.05 Å². The number of carbonyl (C=O) groups excluding carboxylic acids is 1. The zero-order valence-corrected chi connectivity index (χ0v) is 27.8. The van der Waals surface area contributed by atoms with E-state index >= 15 is 0 Å². The predicted octanol–water partition coefficient (Wildman–Crippen LogP) is 5.28. The van der Waals surface area contributed by atoms with Crippen LogP contribution in [0.2, 0.25) is 0 Å². The number of aromatic nitrogens is 2. The minimum absolute atomic E-state index is 0.0351. The van der Waals surface area contributed by atoms with Crippen molar-refractivity contribution in [1.82, 2.24) is 13.9 Å².